The normalized spacial score (nSPS) is 10.4. The van der Waals surface area contributed by atoms with Crippen molar-refractivity contribution < 1.29 is 4.74 Å². The van der Waals surface area contributed by atoms with E-state index in [-0.39, 0.29) is 0 Å². The van der Waals surface area contributed by atoms with Gasteiger partial charge in [0, 0.05) is 24.5 Å². The van der Waals surface area contributed by atoms with Gasteiger partial charge in [-0.2, -0.15) is 10.1 Å². The van der Waals surface area contributed by atoms with Crippen LogP contribution in [0.15, 0.2) is 18.5 Å². The van der Waals surface area contributed by atoms with Crippen molar-refractivity contribution in [2.75, 3.05) is 18.5 Å². The summed E-state index contributed by atoms with van der Waals surface area (Å²) in [6, 6.07) is 1.75. The van der Waals surface area contributed by atoms with E-state index in [0.717, 1.165) is 25.1 Å². The summed E-state index contributed by atoms with van der Waals surface area (Å²) in [5, 5.41) is 10.1. The van der Waals surface area contributed by atoms with Crippen LogP contribution in [0.5, 0.6) is 5.88 Å². The summed E-state index contributed by atoms with van der Waals surface area (Å²) in [5.41, 5.74) is 2.39. The fourth-order valence-corrected chi connectivity index (χ4v) is 1.76. The van der Waals surface area contributed by atoms with Crippen LogP contribution in [-0.2, 0) is 6.42 Å². The molecule has 0 aliphatic carbocycles. The summed E-state index contributed by atoms with van der Waals surface area (Å²) >= 11 is 0. The Bertz CT molecular complexity index is 511. The second-order valence-electron chi connectivity index (χ2n) is 4.20. The smallest absolute Gasteiger partial charge is 0.225 e. The lowest BCUT2D eigenvalue weighted by atomic mass is 10.1. The zero-order valence-corrected chi connectivity index (χ0v) is 11.3. The number of nitrogens with zero attached hydrogens (tertiary/aromatic N) is 3. The van der Waals surface area contributed by atoms with E-state index in [1.165, 1.54) is 5.56 Å². The molecule has 0 spiro atoms. The molecule has 2 aromatic rings. The molecule has 0 bridgehead atoms. The Morgan fingerprint density at radius 2 is 2.32 bits per heavy atom. The van der Waals surface area contributed by atoms with Crippen molar-refractivity contribution in [3.63, 3.8) is 0 Å². The summed E-state index contributed by atoms with van der Waals surface area (Å²) in [6.07, 6.45) is 5.56. The molecule has 6 nitrogen and oxygen atoms in total. The van der Waals surface area contributed by atoms with Gasteiger partial charge < -0.3 is 10.1 Å². The predicted molar refractivity (Wildman–Crippen MR) is 73.3 cm³/mol. The maximum Gasteiger partial charge on any atom is 0.225 e. The molecule has 6 heteroatoms. The maximum atomic E-state index is 5.32. The van der Waals surface area contributed by atoms with Crippen LogP contribution in [0.2, 0.25) is 0 Å². The van der Waals surface area contributed by atoms with Gasteiger partial charge in [-0.1, -0.05) is 0 Å². The van der Waals surface area contributed by atoms with E-state index < -0.39 is 0 Å². The van der Waals surface area contributed by atoms with Gasteiger partial charge in [-0.05, 0) is 32.3 Å². The minimum absolute atomic E-state index is 0.602. The largest absolute Gasteiger partial charge is 0.478 e. The minimum atomic E-state index is 0.602. The van der Waals surface area contributed by atoms with Gasteiger partial charge in [0.15, 0.2) is 0 Å². The molecule has 0 saturated heterocycles. The van der Waals surface area contributed by atoms with Crippen molar-refractivity contribution in [2.45, 2.75) is 26.7 Å². The lowest BCUT2D eigenvalue weighted by molar-refractivity contribution is 0.326. The van der Waals surface area contributed by atoms with E-state index in [1.807, 2.05) is 20.0 Å². The molecule has 2 rings (SSSR count). The van der Waals surface area contributed by atoms with E-state index in [0.29, 0.717) is 18.4 Å². The van der Waals surface area contributed by atoms with Gasteiger partial charge >= 0.3 is 0 Å². The number of H-pyrrole nitrogens is 1. The van der Waals surface area contributed by atoms with Crippen LogP contribution in [0.4, 0.5) is 5.95 Å². The van der Waals surface area contributed by atoms with Gasteiger partial charge in [-0.3, -0.25) is 5.10 Å². The van der Waals surface area contributed by atoms with E-state index in [1.54, 1.807) is 12.3 Å². The van der Waals surface area contributed by atoms with Crippen molar-refractivity contribution in [1.82, 2.24) is 20.2 Å². The molecular formula is C13H19N5O. The molecule has 0 atom stereocenters. The minimum Gasteiger partial charge on any atom is -0.478 e. The van der Waals surface area contributed by atoms with Crippen molar-refractivity contribution in [2.24, 2.45) is 0 Å². The van der Waals surface area contributed by atoms with E-state index in [9.17, 15) is 0 Å². The van der Waals surface area contributed by atoms with Crippen molar-refractivity contribution >= 4 is 5.95 Å². The zero-order valence-electron chi connectivity index (χ0n) is 11.3. The second kappa shape index (κ2) is 6.72. The number of aromatic amines is 1. The van der Waals surface area contributed by atoms with Crippen molar-refractivity contribution in [1.29, 1.82) is 0 Å². The van der Waals surface area contributed by atoms with E-state index >= 15 is 0 Å². The topological polar surface area (TPSA) is 75.7 Å². The van der Waals surface area contributed by atoms with Gasteiger partial charge in [0.1, 0.15) is 0 Å². The average Bonchev–Trinajstić information content (AvgIpc) is 2.81. The molecule has 0 aliphatic heterocycles. The number of aryl methyl sites for hydroxylation is 2. The Balaban J connectivity index is 1.76. The number of rotatable bonds is 7. The quantitative estimate of drug-likeness (QED) is 0.745. The fraction of sp³-hybridized carbons (Fsp3) is 0.462. The Kier molecular flexibility index (Phi) is 4.72. The van der Waals surface area contributed by atoms with Crippen molar-refractivity contribution in [3.8, 4) is 5.88 Å². The third kappa shape index (κ3) is 3.94. The monoisotopic (exact) mass is 261 g/mol. The Labute approximate surface area is 112 Å². The number of ether oxygens (including phenoxy) is 1. The second-order valence-corrected chi connectivity index (χ2v) is 4.20. The number of hydrogen-bond donors (Lipinski definition) is 2. The van der Waals surface area contributed by atoms with Gasteiger partial charge in [0.2, 0.25) is 11.8 Å². The predicted octanol–water partition coefficient (Wildman–Crippen LogP) is 1.95. The molecule has 0 unspecified atom stereocenters. The summed E-state index contributed by atoms with van der Waals surface area (Å²) in [4.78, 5) is 8.40. The Morgan fingerprint density at radius 1 is 1.42 bits per heavy atom. The molecule has 19 heavy (non-hydrogen) atoms. The standard InChI is InChI=1S/C13H19N5O/c1-3-19-12-6-8-15-13(17-12)14-7-4-5-11-9-16-18-10(11)2/h6,8-9H,3-5,7H2,1-2H3,(H,16,18)(H,14,15,17). The molecule has 2 heterocycles. The first kappa shape index (κ1) is 13.3. The maximum absolute atomic E-state index is 5.32. The van der Waals surface area contributed by atoms with Gasteiger partial charge in [-0.25, -0.2) is 4.98 Å². The van der Waals surface area contributed by atoms with Crippen LogP contribution in [-0.4, -0.2) is 33.3 Å². The van der Waals surface area contributed by atoms with Gasteiger partial charge in [-0.15, -0.1) is 0 Å². The lowest BCUT2D eigenvalue weighted by Gasteiger charge is -2.06. The van der Waals surface area contributed by atoms with Crippen LogP contribution < -0.4 is 10.1 Å². The highest BCUT2D eigenvalue weighted by atomic mass is 16.5. The number of hydrogen-bond acceptors (Lipinski definition) is 5. The highest BCUT2D eigenvalue weighted by molar-refractivity contribution is 5.27. The highest BCUT2D eigenvalue weighted by Gasteiger charge is 2.01. The summed E-state index contributed by atoms with van der Waals surface area (Å²) in [7, 11) is 0. The molecule has 0 saturated carbocycles. The van der Waals surface area contributed by atoms with Crippen LogP contribution >= 0.6 is 0 Å². The lowest BCUT2D eigenvalue weighted by Crippen LogP contribution is -2.07. The van der Waals surface area contributed by atoms with Gasteiger partial charge in [0.05, 0.1) is 12.8 Å². The number of anilines is 1. The molecule has 0 aromatic carbocycles. The first-order chi connectivity index (χ1) is 9.29. The molecule has 2 aromatic heterocycles. The summed E-state index contributed by atoms with van der Waals surface area (Å²) < 4.78 is 5.32. The zero-order chi connectivity index (χ0) is 13.5. The summed E-state index contributed by atoms with van der Waals surface area (Å²) in [5.74, 6) is 1.21. The average molecular weight is 261 g/mol. The molecule has 0 fully saturated rings. The molecule has 0 amide bonds. The SMILES string of the molecule is CCOc1ccnc(NCCCc2cn[nH]c2C)n1. The van der Waals surface area contributed by atoms with Crippen LogP contribution in [0.3, 0.4) is 0 Å². The summed E-state index contributed by atoms with van der Waals surface area (Å²) in [6.45, 7) is 5.39. The van der Waals surface area contributed by atoms with Crippen molar-refractivity contribution in [3.05, 3.63) is 29.7 Å². The molecular weight excluding hydrogens is 242 g/mol. The molecule has 0 radical (unpaired) electrons. The molecule has 2 N–H and O–H groups in total. The number of aromatic nitrogens is 4. The Morgan fingerprint density at radius 3 is 3.05 bits per heavy atom. The first-order valence-corrected chi connectivity index (χ1v) is 6.48. The fourth-order valence-electron chi connectivity index (χ4n) is 1.76. The Hall–Kier alpha value is -2.11. The third-order valence-corrected chi connectivity index (χ3v) is 2.76. The van der Waals surface area contributed by atoms with Crippen LogP contribution in [0.1, 0.15) is 24.6 Å². The van der Waals surface area contributed by atoms with E-state index in [2.05, 4.69) is 25.5 Å². The number of nitrogens with one attached hydrogen (secondary N) is 2. The van der Waals surface area contributed by atoms with Crippen LogP contribution in [0.25, 0.3) is 0 Å². The third-order valence-electron chi connectivity index (χ3n) is 2.76. The first-order valence-electron chi connectivity index (χ1n) is 6.48. The highest BCUT2D eigenvalue weighted by Crippen LogP contribution is 2.09. The molecule has 102 valence electrons. The van der Waals surface area contributed by atoms with Crippen LogP contribution in [0, 0.1) is 6.92 Å². The molecule has 0 aliphatic rings. The van der Waals surface area contributed by atoms with E-state index in [4.69, 9.17) is 4.74 Å². The van der Waals surface area contributed by atoms with Gasteiger partial charge in [0.25, 0.3) is 0 Å².